The number of hydrogen-bond donors (Lipinski definition) is 2. The Morgan fingerprint density at radius 2 is 2.27 bits per heavy atom. The molecule has 1 atom stereocenters. The van der Waals surface area contributed by atoms with Crippen LogP contribution in [0.2, 0.25) is 0 Å². The third kappa shape index (κ3) is 1.87. The number of nitrogens with two attached hydrogens (primary N) is 1. The van der Waals surface area contributed by atoms with Crippen molar-refractivity contribution >= 4 is 28.9 Å². The van der Waals surface area contributed by atoms with Crippen molar-refractivity contribution in [3.8, 4) is 0 Å². The van der Waals surface area contributed by atoms with Gasteiger partial charge in [-0.3, -0.25) is 0 Å². The summed E-state index contributed by atoms with van der Waals surface area (Å²) in [6, 6.07) is -0.133. The van der Waals surface area contributed by atoms with E-state index in [1.165, 1.54) is 16.0 Å². The number of nitrogens with zero attached hydrogens (tertiary/aromatic N) is 1. The van der Waals surface area contributed by atoms with Crippen LogP contribution in [0.4, 0.5) is 0 Å². The van der Waals surface area contributed by atoms with Crippen molar-refractivity contribution in [1.82, 2.24) is 5.32 Å². The van der Waals surface area contributed by atoms with Crippen LogP contribution in [0.15, 0.2) is 21.6 Å². The number of hydrogen-bond acceptors (Lipinski definition) is 4. The molecule has 2 rings (SSSR count). The smallest absolute Gasteiger partial charge is 0.193 e. The number of thiophene rings is 1. The van der Waals surface area contributed by atoms with Gasteiger partial charge in [-0.2, -0.15) is 0 Å². The fourth-order valence-electron chi connectivity index (χ4n) is 1.44. The Labute approximate surface area is 97.7 Å². The maximum absolute atomic E-state index is 6.11. The van der Waals surface area contributed by atoms with E-state index in [9.17, 15) is 0 Å². The average Bonchev–Trinajstić information content (AvgIpc) is 2.52. The first kappa shape index (κ1) is 10.5. The first-order valence-corrected chi connectivity index (χ1v) is 5.85. The van der Waals surface area contributed by atoms with Crippen LogP contribution in [0.25, 0.3) is 0 Å². The van der Waals surface area contributed by atoms with Crippen LogP contribution in [0.3, 0.4) is 0 Å². The van der Waals surface area contributed by atoms with Gasteiger partial charge in [-0.15, -0.1) is 11.3 Å². The molecule has 15 heavy (non-hydrogen) atoms. The molecule has 0 saturated heterocycles. The second-order valence-corrected chi connectivity index (χ2v) is 4.85. The van der Waals surface area contributed by atoms with Gasteiger partial charge in [0.25, 0.3) is 0 Å². The normalized spacial score (nSPS) is 20.6. The quantitative estimate of drug-likeness (QED) is 0.793. The predicted molar refractivity (Wildman–Crippen MR) is 65.2 cm³/mol. The zero-order valence-corrected chi connectivity index (χ0v) is 10.1. The molecule has 0 radical (unpaired) electrons. The molecule has 2 heterocycles. The van der Waals surface area contributed by atoms with Crippen molar-refractivity contribution in [2.45, 2.75) is 19.9 Å². The van der Waals surface area contributed by atoms with Gasteiger partial charge in [0.1, 0.15) is 6.04 Å². The van der Waals surface area contributed by atoms with Gasteiger partial charge in [-0.25, -0.2) is 4.99 Å². The Kier molecular flexibility index (Phi) is 2.71. The third-order valence-electron chi connectivity index (χ3n) is 2.46. The first-order valence-electron chi connectivity index (χ1n) is 4.59. The average molecular weight is 242 g/mol. The molecule has 1 aliphatic heterocycles. The summed E-state index contributed by atoms with van der Waals surface area (Å²) in [6.07, 6.45) is 1.70. The van der Waals surface area contributed by atoms with Crippen LogP contribution < -0.4 is 11.1 Å². The molecule has 0 spiro atoms. The zero-order chi connectivity index (χ0) is 11.0. The van der Waals surface area contributed by atoms with Crippen LogP contribution in [-0.2, 0) is 0 Å². The SMILES string of the molecule is Cc1csc(C2N=C(N)NC=C2Cl)c1C. The molecule has 0 saturated carbocycles. The monoisotopic (exact) mass is 241 g/mol. The second kappa shape index (κ2) is 3.87. The largest absolute Gasteiger partial charge is 0.370 e. The van der Waals surface area contributed by atoms with Gasteiger partial charge in [-0.05, 0) is 30.4 Å². The molecule has 5 heteroatoms. The summed E-state index contributed by atoms with van der Waals surface area (Å²) >= 11 is 7.78. The number of guanidine groups is 1. The van der Waals surface area contributed by atoms with Gasteiger partial charge in [0.15, 0.2) is 5.96 Å². The number of aliphatic imine (C=N–C) groups is 1. The summed E-state index contributed by atoms with van der Waals surface area (Å²) in [4.78, 5) is 5.47. The Bertz CT molecular complexity index is 448. The maximum atomic E-state index is 6.11. The molecule has 1 aromatic heterocycles. The predicted octanol–water partition coefficient (Wildman–Crippen LogP) is 2.40. The molecule has 1 aromatic rings. The highest BCUT2D eigenvalue weighted by atomic mass is 35.5. The summed E-state index contributed by atoms with van der Waals surface area (Å²) in [6.45, 7) is 4.17. The third-order valence-corrected chi connectivity index (χ3v) is 4.03. The minimum Gasteiger partial charge on any atom is -0.370 e. The summed E-state index contributed by atoms with van der Waals surface area (Å²) in [5.41, 5.74) is 8.14. The Balaban J connectivity index is 2.42. The van der Waals surface area contributed by atoms with E-state index in [1.54, 1.807) is 17.5 Å². The lowest BCUT2D eigenvalue weighted by atomic mass is 10.1. The maximum Gasteiger partial charge on any atom is 0.193 e. The summed E-state index contributed by atoms with van der Waals surface area (Å²) in [5.74, 6) is 0.412. The van der Waals surface area contributed by atoms with Gasteiger partial charge < -0.3 is 11.1 Å². The number of aryl methyl sites for hydroxylation is 1. The van der Waals surface area contributed by atoms with E-state index in [1.807, 2.05) is 0 Å². The van der Waals surface area contributed by atoms with Crippen molar-refractivity contribution in [3.05, 3.63) is 32.6 Å². The highest BCUT2D eigenvalue weighted by Crippen LogP contribution is 2.36. The lowest BCUT2D eigenvalue weighted by Gasteiger charge is -2.17. The number of nitrogens with one attached hydrogen (secondary N) is 1. The molecular formula is C10H12ClN3S. The molecule has 1 unspecified atom stereocenters. The fraction of sp³-hybridized carbons (Fsp3) is 0.300. The lowest BCUT2D eigenvalue weighted by molar-refractivity contribution is 0.858. The molecule has 0 aromatic carbocycles. The van der Waals surface area contributed by atoms with Gasteiger partial charge in [-0.1, -0.05) is 11.6 Å². The molecule has 3 N–H and O–H groups in total. The second-order valence-electron chi connectivity index (χ2n) is 3.50. The van der Waals surface area contributed by atoms with Crippen molar-refractivity contribution < 1.29 is 0 Å². The molecule has 0 aliphatic carbocycles. The van der Waals surface area contributed by atoms with Gasteiger partial charge in [0.2, 0.25) is 0 Å². The first-order chi connectivity index (χ1) is 7.09. The molecule has 0 amide bonds. The molecule has 0 fully saturated rings. The van der Waals surface area contributed by atoms with Gasteiger partial charge in [0, 0.05) is 11.1 Å². The summed E-state index contributed by atoms with van der Waals surface area (Å²) < 4.78 is 0. The van der Waals surface area contributed by atoms with Crippen LogP contribution in [0, 0.1) is 13.8 Å². The van der Waals surface area contributed by atoms with E-state index in [-0.39, 0.29) is 6.04 Å². The van der Waals surface area contributed by atoms with Crippen LogP contribution >= 0.6 is 22.9 Å². The van der Waals surface area contributed by atoms with E-state index in [0.717, 1.165) is 0 Å². The molecule has 80 valence electrons. The van der Waals surface area contributed by atoms with Gasteiger partial charge >= 0.3 is 0 Å². The Hall–Kier alpha value is -1.000. The molecular weight excluding hydrogens is 230 g/mol. The molecule has 1 aliphatic rings. The number of halogens is 1. The Morgan fingerprint density at radius 3 is 2.87 bits per heavy atom. The summed E-state index contributed by atoms with van der Waals surface area (Å²) in [7, 11) is 0. The van der Waals surface area contributed by atoms with Gasteiger partial charge in [0.05, 0.1) is 5.03 Å². The van der Waals surface area contributed by atoms with E-state index in [2.05, 4.69) is 29.5 Å². The van der Waals surface area contributed by atoms with Crippen LogP contribution in [-0.4, -0.2) is 5.96 Å². The molecule has 0 bridgehead atoms. The van der Waals surface area contributed by atoms with E-state index >= 15 is 0 Å². The standard InChI is InChI=1S/C10H12ClN3S/c1-5-4-15-9(6(5)2)8-7(11)3-13-10(12)14-8/h3-4,8H,1-2H3,(H3,12,13,14). The van der Waals surface area contributed by atoms with E-state index < -0.39 is 0 Å². The minimum absolute atomic E-state index is 0.133. The van der Waals surface area contributed by atoms with Crippen molar-refractivity contribution in [3.63, 3.8) is 0 Å². The van der Waals surface area contributed by atoms with Crippen molar-refractivity contribution in [1.29, 1.82) is 0 Å². The molecule has 3 nitrogen and oxygen atoms in total. The fourth-order valence-corrected chi connectivity index (χ4v) is 2.84. The number of rotatable bonds is 1. The van der Waals surface area contributed by atoms with E-state index in [0.29, 0.717) is 11.0 Å². The van der Waals surface area contributed by atoms with Crippen molar-refractivity contribution in [2.24, 2.45) is 10.7 Å². The lowest BCUT2D eigenvalue weighted by Crippen LogP contribution is -2.31. The van der Waals surface area contributed by atoms with E-state index in [4.69, 9.17) is 17.3 Å². The zero-order valence-electron chi connectivity index (χ0n) is 8.54. The van der Waals surface area contributed by atoms with Crippen LogP contribution in [0.1, 0.15) is 22.0 Å². The highest BCUT2D eigenvalue weighted by molar-refractivity contribution is 7.10. The summed E-state index contributed by atoms with van der Waals surface area (Å²) in [5, 5.41) is 5.58. The van der Waals surface area contributed by atoms with Crippen LogP contribution in [0.5, 0.6) is 0 Å². The topological polar surface area (TPSA) is 50.4 Å². The highest BCUT2D eigenvalue weighted by Gasteiger charge is 2.22. The minimum atomic E-state index is -0.133. The van der Waals surface area contributed by atoms with Crippen molar-refractivity contribution in [2.75, 3.05) is 0 Å². The Morgan fingerprint density at radius 1 is 1.53 bits per heavy atom.